The molecule has 0 aliphatic rings. The molecule has 0 heterocycles. The van der Waals surface area contributed by atoms with Gasteiger partial charge in [0.25, 0.3) is 0 Å². The van der Waals surface area contributed by atoms with Crippen molar-refractivity contribution in [2.24, 2.45) is 0 Å². The van der Waals surface area contributed by atoms with Gasteiger partial charge in [-0.2, -0.15) is 0 Å². The van der Waals surface area contributed by atoms with Crippen LogP contribution in [0.15, 0.2) is 42.5 Å². The fourth-order valence-electron chi connectivity index (χ4n) is 3.15. The van der Waals surface area contributed by atoms with Crippen molar-refractivity contribution >= 4 is 39.2 Å². The third-order valence-electron chi connectivity index (χ3n) is 4.58. The average Bonchev–Trinajstić information content (AvgIpc) is 2.59. The molecule has 0 spiro atoms. The Bertz CT molecular complexity index is 681. The highest BCUT2D eigenvalue weighted by Gasteiger charge is 2.24. The summed E-state index contributed by atoms with van der Waals surface area (Å²) in [5, 5.41) is 9.86. The van der Waals surface area contributed by atoms with E-state index in [2.05, 4.69) is 31.2 Å². The molecule has 0 aliphatic heterocycles. The normalized spacial score (nSPS) is 11.7. The predicted octanol–water partition coefficient (Wildman–Crippen LogP) is 7.77. The summed E-state index contributed by atoms with van der Waals surface area (Å²) in [6.45, 7) is 2.24. The smallest absolute Gasteiger partial charge is 0.341 e. The number of benzene rings is 2. The molecule has 0 saturated carbocycles. The van der Waals surface area contributed by atoms with Gasteiger partial charge in [0.2, 0.25) is 0 Å². The van der Waals surface area contributed by atoms with Crippen LogP contribution in [0, 0.1) is 0 Å². The lowest BCUT2D eigenvalue weighted by molar-refractivity contribution is 0.474. The number of unbranched alkanes of at least 4 members (excludes halogenated alkanes) is 3. The molecule has 0 radical (unpaired) electrons. The first-order chi connectivity index (χ1) is 12.4. The lowest BCUT2D eigenvalue weighted by Gasteiger charge is -2.13. The molecule has 1 nitrogen and oxygen atoms in total. The van der Waals surface area contributed by atoms with Crippen molar-refractivity contribution in [2.75, 3.05) is 0 Å². The zero-order valence-electron chi connectivity index (χ0n) is 15.3. The van der Waals surface area contributed by atoms with E-state index < -0.39 is 6.00 Å². The predicted molar refractivity (Wildman–Crippen MR) is 118 cm³/mol. The van der Waals surface area contributed by atoms with Crippen LogP contribution in [0.4, 0.5) is 0 Å². The highest BCUT2D eigenvalue weighted by molar-refractivity contribution is 7.64. The number of rotatable bonds is 10. The summed E-state index contributed by atoms with van der Waals surface area (Å²) in [5.41, 5.74) is 4.80. The van der Waals surface area contributed by atoms with Gasteiger partial charge in [-0.3, -0.25) is 0 Å². The third-order valence-corrected chi connectivity index (χ3v) is 7.20. The molecule has 2 rings (SSSR count). The number of hydrogen-bond acceptors (Lipinski definition) is 1. The molecule has 2 aromatic carbocycles. The van der Waals surface area contributed by atoms with E-state index in [1.807, 2.05) is 12.1 Å². The van der Waals surface area contributed by atoms with Gasteiger partial charge in [-0.1, -0.05) is 56.5 Å². The molecule has 0 unspecified atom stereocenters. The van der Waals surface area contributed by atoms with Gasteiger partial charge in [0.05, 0.1) is 0 Å². The number of hydrogen-bond donors (Lipinski definition) is 1. The Morgan fingerprint density at radius 1 is 0.846 bits per heavy atom. The van der Waals surface area contributed by atoms with Gasteiger partial charge in [-0.05, 0) is 66.1 Å². The minimum atomic E-state index is -2.59. The minimum absolute atomic E-state index is 0.280. The van der Waals surface area contributed by atoms with Crippen molar-refractivity contribution < 1.29 is 5.11 Å². The zero-order chi connectivity index (χ0) is 19.0. The maximum absolute atomic E-state index is 9.86. The van der Waals surface area contributed by atoms with E-state index in [9.17, 15) is 5.11 Å². The highest BCUT2D eigenvalue weighted by atomic mass is 35.8. The van der Waals surface area contributed by atoms with Crippen molar-refractivity contribution in [3.63, 3.8) is 0 Å². The number of phenolic OH excluding ortho intramolecular Hbond substituents is 1. The van der Waals surface area contributed by atoms with E-state index in [1.54, 1.807) is 6.07 Å². The van der Waals surface area contributed by atoms with Crippen LogP contribution in [-0.4, -0.2) is 11.1 Å². The van der Waals surface area contributed by atoms with Crippen LogP contribution in [-0.2, 0) is 12.8 Å². The standard InChI is InChI=1S/C21H27Cl3OSi/c1-2-3-4-5-7-17-9-11-18(12-10-17)21-14-13-20(25)16-19(21)8-6-15-26(22,23)24/h9-14,16,25H,2-8,15H2,1H3. The van der Waals surface area contributed by atoms with Crippen molar-refractivity contribution in [3.8, 4) is 16.9 Å². The van der Waals surface area contributed by atoms with Gasteiger partial charge in [-0.25, -0.2) is 0 Å². The summed E-state index contributed by atoms with van der Waals surface area (Å²) in [5.74, 6) is 0.280. The Kier molecular flexibility index (Phi) is 8.82. The molecule has 0 bridgehead atoms. The van der Waals surface area contributed by atoms with Gasteiger partial charge in [0.1, 0.15) is 5.75 Å². The van der Waals surface area contributed by atoms with Gasteiger partial charge in [0.15, 0.2) is 0 Å². The van der Waals surface area contributed by atoms with Gasteiger partial charge >= 0.3 is 6.00 Å². The molecule has 26 heavy (non-hydrogen) atoms. The van der Waals surface area contributed by atoms with Crippen LogP contribution >= 0.6 is 33.2 Å². The molecule has 0 atom stereocenters. The second kappa shape index (κ2) is 10.6. The van der Waals surface area contributed by atoms with E-state index in [-0.39, 0.29) is 5.75 Å². The quantitative estimate of drug-likeness (QED) is 0.232. The highest BCUT2D eigenvalue weighted by Crippen LogP contribution is 2.31. The lowest BCUT2D eigenvalue weighted by atomic mass is 9.95. The summed E-state index contributed by atoms with van der Waals surface area (Å²) < 4.78 is 0. The lowest BCUT2D eigenvalue weighted by Crippen LogP contribution is -2.08. The fourth-order valence-corrected chi connectivity index (χ4v) is 4.94. The summed E-state index contributed by atoms with van der Waals surface area (Å²) >= 11 is 18.0. The first-order valence-electron chi connectivity index (χ1n) is 9.37. The molecular weight excluding hydrogens is 403 g/mol. The van der Waals surface area contributed by atoms with Crippen LogP contribution in [0.25, 0.3) is 11.1 Å². The number of aryl methyl sites for hydroxylation is 2. The Balaban J connectivity index is 2.07. The largest absolute Gasteiger partial charge is 0.508 e. The molecule has 0 aromatic heterocycles. The minimum Gasteiger partial charge on any atom is -0.508 e. The number of phenols is 1. The second-order valence-electron chi connectivity index (χ2n) is 6.82. The van der Waals surface area contributed by atoms with E-state index in [1.165, 1.54) is 36.8 Å². The Morgan fingerprint density at radius 3 is 2.23 bits per heavy atom. The first-order valence-corrected chi connectivity index (χ1v) is 14.6. The molecule has 0 fully saturated rings. The van der Waals surface area contributed by atoms with E-state index in [0.717, 1.165) is 30.4 Å². The summed E-state index contributed by atoms with van der Waals surface area (Å²) in [4.78, 5) is 0. The van der Waals surface area contributed by atoms with Gasteiger partial charge in [-0.15, -0.1) is 33.2 Å². The topological polar surface area (TPSA) is 20.2 Å². The monoisotopic (exact) mass is 428 g/mol. The molecule has 0 amide bonds. The van der Waals surface area contributed by atoms with Gasteiger partial charge < -0.3 is 5.11 Å². The molecule has 0 saturated heterocycles. The number of halogens is 3. The van der Waals surface area contributed by atoms with E-state index in [0.29, 0.717) is 6.04 Å². The Hall–Kier alpha value is -0.673. The molecule has 2 aromatic rings. The molecule has 142 valence electrons. The average molecular weight is 430 g/mol. The van der Waals surface area contributed by atoms with Crippen LogP contribution in [0.2, 0.25) is 6.04 Å². The maximum Gasteiger partial charge on any atom is 0.341 e. The second-order valence-corrected chi connectivity index (χ2v) is 16.1. The maximum atomic E-state index is 9.86. The van der Waals surface area contributed by atoms with Crippen LogP contribution in [0.5, 0.6) is 5.75 Å². The first kappa shape index (κ1) is 21.6. The van der Waals surface area contributed by atoms with Crippen molar-refractivity contribution in [1.29, 1.82) is 0 Å². The third kappa shape index (κ3) is 7.52. The number of aromatic hydroxyl groups is 1. The molecule has 1 N–H and O–H groups in total. The summed E-state index contributed by atoms with van der Waals surface area (Å²) in [6.07, 6.45) is 7.87. The SMILES string of the molecule is CCCCCCc1ccc(-c2ccc(O)cc2CCC[Si](Cl)(Cl)Cl)cc1. The van der Waals surface area contributed by atoms with Gasteiger partial charge in [0, 0.05) is 0 Å². The van der Waals surface area contributed by atoms with Crippen molar-refractivity contribution in [1.82, 2.24) is 0 Å². The molecular formula is C21H27Cl3OSi. The van der Waals surface area contributed by atoms with Crippen LogP contribution in [0.1, 0.15) is 50.2 Å². The van der Waals surface area contributed by atoms with Crippen LogP contribution < -0.4 is 0 Å². The van der Waals surface area contributed by atoms with Crippen molar-refractivity contribution in [2.45, 2.75) is 57.9 Å². The van der Waals surface area contributed by atoms with E-state index in [4.69, 9.17) is 33.2 Å². The van der Waals surface area contributed by atoms with Crippen LogP contribution in [0.3, 0.4) is 0 Å². The van der Waals surface area contributed by atoms with E-state index >= 15 is 0 Å². The Morgan fingerprint density at radius 2 is 1.58 bits per heavy atom. The Labute approximate surface area is 172 Å². The summed E-state index contributed by atoms with van der Waals surface area (Å²) in [7, 11) is 0. The fraction of sp³-hybridized carbons (Fsp3) is 0.429. The molecule has 0 aliphatic carbocycles. The summed E-state index contributed by atoms with van der Waals surface area (Å²) in [6, 6.07) is 12.4. The molecule has 5 heteroatoms. The van der Waals surface area contributed by atoms with Crippen molar-refractivity contribution in [3.05, 3.63) is 53.6 Å². The zero-order valence-corrected chi connectivity index (χ0v) is 18.5.